The molecule has 0 aliphatic rings. The van der Waals surface area contributed by atoms with Crippen molar-refractivity contribution in [1.29, 1.82) is 0 Å². The zero-order chi connectivity index (χ0) is 24.2. The molecule has 0 unspecified atom stereocenters. The van der Waals surface area contributed by atoms with Gasteiger partial charge >= 0.3 is 0 Å². The number of hydrogen-bond donors (Lipinski definition) is 1. The van der Waals surface area contributed by atoms with Crippen molar-refractivity contribution in [3.05, 3.63) is 88.1 Å². The van der Waals surface area contributed by atoms with Crippen LogP contribution in [0.1, 0.15) is 31.9 Å². The van der Waals surface area contributed by atoms with E-state index < -0.39 is 0 Å². The number of allylic oxidation sites excluding steroid dienone is 1. The number of aryl methyl sites for hydroxylation is 1. The highest BCUT2D eigenvalue weighted by Crippen LogP contribution is 2.40. The number of halogens is 2. The number of carbonyl (C=O) groups excluding carboxylic acids is 1. The van der Waals surface area contributed by atoms with Crippen LogP contribution in [0.15, 0.2) is 71.4 Å². The van der Waals surface area contributed by atoms with Crippen LogP contribution >= 0.6 is 23.2 Å². The van der Waals surface area contributed by atoms with Crippen molar-refractivity contribution in [2.24, 2.45) is 0 Å². The first-order valence-electron chi connectivity index (χ1n) is 11.1. The van der Waals surface area contributed by atoms with Crippen LogP contribution in [0.3, 0.4) is 0 Å². The van der Waals surface area contributed by atoms with E-state index in [0.29, 0.717) is 28.0 Å². The van der Waals surface area contributed by atoms with Crippen LogP contribution in [-0.2, 0) is 11.2 Å². The summed E-state index contributed by atoms with van der Waals surface area (Å²) in [4.78, 5) is 12.7. The Labute approximate surface area is 209 Å². The summed E-state index contributed by atoms with van der Waals surface area (Å²) in [6.45, 7) is 6.39. The summed E-state index contributed by atoms with van der Waals surface area (Å²) in [6, 6.07) is 17.0. The largest absolute Gasteiger partial charge is 0.493 e. The molecule has 0 aliphatic heterocycles. The third-order valence-electron chi connectivity index (χ3n) is 5.60. The quantitative estimate of drug-likeness (QED) is 0.263. The highest BCUT2D eigenvalue weighted by atomic mass is 35.5. The van der Waals surface area contributed by atoms with Crippen molar-refractivity contribution >= 4 is 51.3 Å². The Morgan fingerprint density at radius 2 is 1.79 bits per heavy atom. The molecule has 0 saturated carbocycles. The number of fused-ring (bicyclic) bond motifs is 1. The molecular formula is C28H25Cl2NO3. The molecular weight excluding hydrogens is 469 g/mol. The predicted octanol–water partition coefficient (Wildman–Crippen LogP) is 8.41. The molecule has 4 rings (SSSR count). The minimum absolute atomic E-state index is 0.211. The number of furan rings is 1. The van der Waals surface area contributed by atoms with E-state index in [1.54, 1.807) is 24.5 Å². The van der Waals surface area contributed by atoms with E-state index >= 15 is 0 Å². The molecule has 1 heterocycles. The number of nitrogens with one attached hydrogen (secondary N) is 1. The zero-order valence-corrected chi connectivity index (χ0v) is 20.8. The number of rotatable bonds is 7. The maximum Gasteiger partial charge on any atom is 0.248 e. The summed E-state index contributed by atoms with van der Waals surface area (Å²) < 4.78 is 11.7. The van der Waals surface area contributed by atoms with Gasteiger partial charge in [-0.25, -0.2) is 0 Å². The Kier molecular flexibility index (Phi) is 7.30. The monoisotopic (exact) mass is 493 g/mol. The van der Waals surface area contributed by atoms with Crippen LogP contribution in [0.4, 0.5) is 5.69 Å². The number of benzene rings is 3. The molecule has 6 heteroatoms. The molecule has 1 aromatic heterocycles. The van der Waals surface area contributed by atoms with Crippen molar-refractivity contribution < 1.29 is 13.9 Å². The molecule has 0 radical (unpaired) electrons. The van der Waals surface area contributed by atoms with Crippen LogP contribution < -0.4 is 10.1 Å². The topological polar surface area (TPSA) is 51.5 Å². The van der Waals surface area contributed by atoms with Crippen molar-refractivity contribution in [3.63, 3.8) is 0 Å². The standard InChI is InChI=1S/C28H25Cl2NO3/c1-4-18-6-9-20(10-7-18)31-28(32)12-17(3)22-14-23-24(21-11-8-19(29)13-25(21)30)16-34-27(23)15-26(22)33-5-2/h6-16H,4-5H2,1-3H3,(H,31,32)/b17-12+. The van der Waals surface area contributed by atoms with Crippen molar-refractivity contribution in [1.82, 2.24) is 0 Å². The second-order valence-electron chi connectivity index (χ2n) is 7.92. The number of carbonyl (C=O) groups is 1. The van der Waals surface area contributed by atoms with E-state index in [-0.39, 0.29) is 5.91 Å². The first-order valence-corrected chi connectivity index (χ1v) is 11.9. The van der Waals surface area contributed by atoms with Gasteiger partial charge in [0.05, 0.1) is 17.9 Å². The Balaban J connectivity index is 1.71. The molecule has 0 bridgehead atoms. The first kappa shape index (κ1) is 23.9. The average Bonchev–Trinajstić information content (AvgIpc) is 3.21. The Bertz CT molecular complexity index is 1370. The summed E-state index contributed by atoms with van der Waals surface area (Å²) in [5.41, 5.74) is 5.86. The molecule has 0 aliphatic carbocycles. The highest BCUT2D eigenvalue weighted by molar-refractivity contribution is 6.36. The molecule has 0 saturated heterocycles. The maximum atomic E-state index is 12.7. The summed E-state index contributed by atoms with van der Waals surface area (Å²) in [6.07, 6.45) is 4.20. The number of ether oxygens (including phenoxy) is 1. The molecule has 1 amide bonds. The van der Waals surface area contributed by atoms with E-state index in [2.05, 4.69) is 12.2 Å². The summed E-state index contributed by atoms with van der Waals surface area (Å²) in [5, 5.41) is 4.89. The van der Waals surface area contributed by atoms with Gasteiger partial charge in [-0.3, -0.25) is 4.79 Å². The van der Waals surface area contributed by atoms with Gasteiger partial charge in [0.25, 0.3) is 0 Å². The normalized spacial score (nSPS) is 11.6. The SMILES string of the molecule is CCOc1cc2occ(-c3ccc(Cl)cc3Cl)c2cc1/C(C)=C/C(=O)Nc1ccc(CC)cc1. The molecule has 0 atom stereocenters. The van der Waals surface area contributed by atoms with Crippen LogP contribution in [0.2, 0.25) is 10.0 Å². The van der Waals surface area contributed by atoms with Gasteiger partial charge in [-0.2, -0.15) is 0 Å². The fourth-order valence-electron chi connectivity index (χ4n) is 3.83. The van der Waals surface area contributed by atoms with Gasteiger partial charge in [-0.1, -0.05) is 48.3 Å². The zero-order valence-electron chi connectivity index (χ0n) is 19.2. The lowest BCUT2D eigenvalue weighted by Gasteiger charge is -2.12. The van der Waals surface area contributed by atoms with Crippen LogP contribution in [0.25, 0.3) is 27.7 Å². The predicted molar refractivity (Wildman–Crippen MR) is 141 cm³/mol. The van der Waals surface area contributed by atoms with Crippen molar-refractivity contribution in [3.8, 4) is 16.9 Å². The first-order chi connectivity index (χ1) is 16.4. The number of amides is 1. The molecule has 34 heavy (non-hydrogen) atoms. The Morgan fingerprint density at radius 3 is 2.47 bits per heavy atom. The minimum atomic E-state index is -0.211. The van der Waals surface area contributed by atoms with Crippen molar-refractivity contribution in [2.45, 2.75) is 27.2 Å². The van der Waals surface area contributed by atoms with E-state index in [4.69, 9.17) is 32.4 Å². The molecule has 174 valence electrons. The second kappa shape index (κ2) is 10.4. The fourth-order valence-corrected chi connectivity index (χ4v) is 4.34. The van der Waals surface area contributed by atoms with E-state index in [9.17, 15) is 4.79 Å². The van der Waals surface area contributed by atoms with Crippen LogP contribution in [-0.4, -0.2) is 12.5 Å². The highest BCUT2D eigenvalue weighted by Gasteiger charge is 2.17. The third-order valence-corrected chi connectivity index (χ3v) is 6.15. The lowest BCUT2D eigenvalue weighted by atomic mass is 9.99. The van der Waals surface area contributed by atoms with Crippen LogP contribution in [0, 0.1) is 0 Å². The fraction of sp³-hybridized carbons (Fsp3) is 0.179. The van der Waals surface area contributed by atoms with E-state index in [1.807, 2.05) is 56.3 Å². The van der Waals surface area contributed by atoms with E-state index in [0.717, 1.165) is 39.8 Å². The average molecular weight is 494 g/mol. The van der Waals surface area contributed by atoms with Crippen molar-refractivity contribution in [2.75, 3.05) is 11.9 Å². The summed E-state index contributed by atoms with van der Waals surface area (Å²) in [5.74, 6) is 0.435. The second-order valence-corrected chi connectivity index (χ2v) is 8.76. The molecule has 3 aromatic carbocycles. The molecule has 0 fully saturated rings. The summed E-state index contributed by atoms with van der Waals surface area (Å²) in [7, 11) is 0. The van der Waals surface area contributed by atoms with Gasteiger partial charge in [0, 0.05) is 44.9 Å². The lowest BCUT2D eigenvalue weighted by Crippen LogP contribution is -2.08. The van der Waals surface area contributed by atoms with Gasteiger partial charge in [-0.15, -0.1) is 0 Å². The minimum Gasteiger partial charge on any atom is -0.493 e. The van der Waals surface area contributed by atoms with Gasteiger partial charge in [0.2, 0.25) is 5.91 Å². The Morgan fingerprint density at radius 1 is 1.03 bits per heavy atom. The molecule has 4 nitrogen and oxygen atoms in total. The maximum absolute atomic E-state index is 12.7. The lowest BCUT2D eigenvalue weighted by molar-refractivity contribution is -0.111. The molecule has 4 aromatic rings. The number of anilines is 1. The third kappa shape index (κ3) is 5.14. The van der Waals surface area contributed by atoms with Gasteiger partial charge < -0.3 is 14.5 Å². The van der Waals surface area contributed by atoms with Gasteiger partial charge in [0.1, 0.15) is 11.3 Å². The molecule has 0 spiro atoms. The Hall–Kier alpha value is -3.21. The summed E-state index contributed by atoms with van der Waals surface area (Å²) >= 11 is 12.5. The van der Waals surface area contributed by atoms with Gasteiger partial charge in [0.15, 0.2) is 0 Å². The van der Waals surface area contributed by atoms with Crippen LogP contribution in [0.5, 0.6) is 5.75 Å². The molecule has 1 N–H and O–H groups in total. The number of hydrogen-bond acceptors (Lipinski definition) is 3. The van der Waals surface area contributed by atoms with Gasteiger partial charge in [-0.05, 0) is 61.7 Å². The van der Waals surface area contributed by atoms with E-state index in [1.165, 1.54) is 5.56 Å². The smallest absolute Gasteiger partial charge is 0.248 e.